The van der Waals surface area contributed by atoms with Crippen molar-refractivity contribution >= 4 is 28.3 Å². The van der Waals surface area contributed by atoms with Crippen molar-refractivity contribution in [1.82, 2.24) is 0 Å². The third-order valence-corrected chi connectivity index (χ3v) is 8.15. The molecule has 1 atom stereocenters. The second kappa shape index (κ2) is 13.3. The van der Waals surface area contributed by atoms with Crippen LogP contribution in [0.5, 0.6) is 0 Å². The fourth-order valence-electron chi connectivity index (χ4n) is 4.58. The Morgan fingerprint density at radius 3 is 1.33 bits per heavy atom. The highest BCUT2D eigenvalue weighted by molar-refractivity contribution is 14.2. The molecule has 0 radical (unpaired) electrons. The summed E-state index contributed by atoms with van der Waals surface area (Å²) in [7, 11) is 0. The number of hydrogen-bond acceptors (Lipinski definition) is 0. The molecule has 0 aliphatic rings. The molecular weight excluding hydrogens is 494 g/mol. The van der Waals surface area contributed by atoms with Gasteiger partial charge in [0.1, 0.15) is 0 Å². The second-order valence-corrected chi connectivity index (χ2v) is 11.6. The summed E-state index contributed by atoms with van der Waals surface area (Å²) in [6.07, 6.45) is 12.7. The molecule has 0 saturated heterocycles. The van der Waals surface area contributed by atoms with E-state index in [1.165, 1.54) is 55.0 Å². The monoisotopic (exact) mass is 528 g/mol. The van der Waals surface area contributed by atoms with Gasteiger partial charge in [-0.25, -0.2) is 0 Å². The molecule has 0 nitrogen and oxygen atoms in total. The Balaban J connectivity index is 1.82. The predicted octanol–water partition coefficient (Wildman–Crippen LogP) is 8.68. The van der Waals surface area contributed by atoms with Gasteiger partial charge in [0, 0.05) is 0 Å². The van der Waals surface area contributed by atoms with E-state index in [9.17, 15) is 0 Å². The zero-order valence-electron chi connectivity index (χ0n) is 17.9. The molecule has 0 N–H and O–H groups in total. The molecule has 0 bridgehead atoms. The van der Waals surface area contributed by atoms with Gasteiger partial charge < -0.3 is 0 Å². The Morgan fingerprint density at radius 2 is 0.933 bits per heavy atom. The average molecular weight is 528 g/mol. The lowest BCUT2D eigenvalue weighted by molar-refractivity contribution is 0.244. The first-order valence-electron chi connectivity index (χ1n) is 11.2. The summed E-state index contributed by atoms with van der Waals surface area (Å²) in [6.45, 7) is 0. The topological polar surface area (TPSA) is 0 Å². The molecule has 0 aliphatic carbocycles. The average Bonchev–Trinajstić information content (AvgIpc) is 2.78. The van der Waals surface area contributed by atoms with E-state index in [1.54, 1.807) is 0 Å². The molecule has 3 rings (SSSR count). The molecule has 3 aromatic carbocycles. The first-order chi connectivity index (χ1) is 14.8. The van der Waals surface area contributed by atoms with Gasteiger partial charge in [-0.2, -0.15) is 0 Å². The largest absolute Gasteiger partial charge is 0.0622 e. The quantitative estimate of drug-likeness (QED) is 0.118. The highest BCUT2D eigenvalue weighted by Gasteiger charge is 2.30. The summed E-state index contributed by atoms with van der Waals surface area (Å²) >= 11 is 2.53. The van der Waals surface area contributed by atoms with Crippen molar-refractivity contribution in [3.8, 4) is 0 Å². The molecule has 0 aromatic heterocycles. The standard InChI is InChI=1S/C28H34IP/c29-30-21-13-2-1-12-20-28(22-25-14-6-3-7-15-25,23-26-16-8-4-9-17-26)24-27-18-10-5-11-19-27/h3-11,14-19,30H,1-2,12-13,20-24H2. The molecule has 30 heavy (non-hydrogen) atoms. The number of rotatable bonds is 13. The van der Waals surface area contributed by atoms with Gasteiger partial charge in [0.05, 0.1) is 0 Å². The van der Waals surface area contributed by atoms with E-state index in [0.29, 0.717) is 0 Å². The van der Waals surface area contributed by atoms with Crippen LogP contribution < -0.4 is 0 Å². The van der Waals surface area contributed by atoms with Crippen LogP contribution in [-0.2, 0) is 19.3 Å². The first kappa shape index (κ1) is 23.5. The van der Waals surface area contributed by atoms with Crippen molar-refractivity contribution in [2.75, 3.05) is 6.16 Å². The maximum absolute atomic E-state index is 2.53. The maximum Gasteiger partial charge on any atom is -0.0176 e. The Hall–Kier alpha value is -1.18. The van der Waals surface area contributed by atoms with Crippen LogP contribution in [0.15, 0.2) is 91.0 Å². The third kappa shape index (κ3) is 8.16. The minimum absolute atomic E-state index is 0.259. The lowest BCUT2D eigenvalue weighted by Gasteiger charge is -2.35. The van der Waals surface area contributed by atoms with Gasteiger partial charge in [-0.3, -0.25) is 0 Å². The smallest absolute Gasteiger partial charge is 0.0176 e. The van der Waals surface area contributed by atoms with Crippen LogP contribution in [0, 0.1) is 5.41 Å². The summed E-state index contributed by atoms with van der Waals surface area (Å²) in [4.78, 5) is 0. The zero-order chi connectivity index (χ0) is 20.9. The van der Waals surface area contributed by atoms with E-state index < -0.39 is 0 Å². The van der Waals surface area contributed by atoms with Gasteiger partial charge in [-0.05, 0) is 60.4 Å². The fourth-order valence-corrected chi connectivity index (χ4v) is 6.11. The summed E-state index contributed by atoms with van der Waals surface area (Å²) in [5.41, 5.74) is 4.66. The molecule has 0 saturated carbocycles. The van der Waals surface area contributed by atoms with Crippen molar-refractivity contribution < 1.29 is 0 Å². The summed E-state index contributed by atoms with van der Waals surface area (Å²) < 4.78 is 0. The maximum atomic E-state index is 2.53. The van der Waals surface area contributed by atoms with Crippen LogP contribution in [0.1, 0.15) is 48.8 Å². The third-order valence-electron chi connectivity index (χ3n) is 5.99. The summed E-state index contributed by atoms with van der Waals surface area (Å²) in [5.74, 6) is 0. The number of benzene rings is 3. The van der Waals surface area contributed by atoms with Crippen molar-refractivity contribution in [1.29, 1.82) is 0 Å². The normalized spacial score (nSPS) is 11.9. The van der Waals surface area contributed by atoms with Crippen molar-refractivity contribution in [3.63, 3.8) is 0 Å². The molecule has 0 amide bonds. The Kier molecular flexibility index (Phi) is 10.4. The fraction of sp³-hybridized carbons (Fsp3) is 0.357. The van der Waals surface area contributed by atoms with Crippen LogP contribution >= 0.6 is 28.3 Å². The lowest BCUT2D eigenvalue weighted by Crippen LogP contribution is -2.30. The van der Waals surface area contributed by atoms with Crippen LogP contribution in [0.3, 0.4) is 0 Å². The van der Waals surface area contributed by atoms with Gasteiger partial charge in [0.2, 0.25) is 0 Å². The molecule has 158 valence electrons. The molecule has 2 heteroatoms. The number of hydrogen-bond donors (Lipinski definition) is 0. The molecule has 0 spiro atoms. The van der Waals surface area contributed by atoms with Crippen LogP contribution in [0.25, 0.3) is 0 Å². The molecule has 0 aliphatic heterocycles. The first-order valence-corrected chi connectivity index (χ1v) is 15.6. The minimum atomic E-state index is 0.259. The highest BCUT2D eigenvalue weighted by Crippen LogP contribution is 2.37. The van der Waals surface area contributed by atoms with Crippen LogP contribution in [-0.4, -0.2) is 6.16 Å². The number of unbranched alkanes of at least 4 members (excludes halogenated alkanes) is 3. The van der Waals surface area contributed by atoms with Gasteiger partial charge in [-0.15, -0.1) is 0 Å². The molecule has 3 aromatic rings. The SMILES string of the molecule is IPCCCCCCC(Cc1ccccc1)(Cc1ccccc1)Cc1ccccc1. The summed E-state index contributed by atoms with van der Waals surface area (Å²) in [5, 5.41) is 0. The van der Waals surface area contributed by atoms with Crippen molar-refractivity contribution in [2.45, 2.75) is 51.4 Å². The predicted molar refractivity (Wildman–Crippen MR) is 143 cm³/mol. The Bertz CT molecular complexity index is 716. The zero-order valence-corrected chi connectivity index (χ0v) is 21.1. The van der Waals surface area contributed by atoms with E-state index >= 15 is 0 Å². The Labute approximate surface area is 198 Å². The van der Waals surface area contributed by atoms with Crippen molar-refractivity contribution in [3.05, 3.63) is 108 Å². The Morgan fingerprint density at radius 1 is 0.533 bits per heavy atom. The highest BCUT2D eigenvalue weighted by atomic mass is 127. The lowest BCUT2D eigenvalue weighted by atomic mass is 9.69. The molecule has 0 fully saturated rings. The van der Waals surface area contributed by atoms with Crippen LogP contribution in [0.4, 0.5) is 0 Å². The van der Waals surface area contributed by atoms with Gasteiger partial charge in [0.25, 0.3) is 0 Å². The molecule has 0 heterocycles. The second-order valence-electron chi connectivity index (χ2n) is 8.53. The van der Waals surface area contributed by atoms with E-state index in [0.717, 1.165) is 25.5 Å². The van der Waals surface area contributed by atoms with Gasteiger partial charge in [0.15, 0.2) is 0 Å². The van der Waals surface area contributed by atoms with Gasteiger partial charge >= 0.3 is 0 Å². The van der Waals surface area contributed by atoms with E-state index in [2.05, 4.69) is 113 Å². The molecule has 1 unspecified atom stereocenters. The summed E-state index contributed by atoms with van der Waals surface area (Å²) in [6, 6.07) is 33.4. The van der Waals surface area contributed by atoms with Crippen molar-refractivity contribution in [2.24, 2.45) is 5.41 Å². The number of halogens is 1. The van der Waals surface area contributed by atoms with E-state index in [-0.39, 0.29) is 5.41 Å². The minimum Gasteiger partial charge on any atom is -0.0622 e. The van der Waals surface area contributed by atoms with Gasteiger partial charge in [-0.1, -0.05) is 139 Å². The van der Waals surface area contributed by atoms with E-state index in [1.807, 2.05) is 0 Å². The van der Waals surface area contributed by atoms with Crippen LogP contribution in [0.2, 0.25) is 0 Å². The van der Waals surface area contributed by atoms with E-state index in [4.69, 9.17) is 0 Å². The molecular formula is C28H34IP.